The number of fused-ring (bicyclic) bond motifs is 1. The van der Waals surface area contributed by atoms with Gasteiger partial charge in [0.05, 0.1) is 12.8 Å². The van der Waals surface area contributed by atoms with Gasteiger partial charge in [-0.15, -0.1) is 0 Å². The van der Waals surface area contributed by atoms with Crippen molar-refractivity contribution < 1.29 is 9.21 Å². The van der Waals surface area contributed by atoms with Gasteiger partial charge < -0.3 is 9.32 Å². The van der Waals surface area contributed by atoms with Crippen molar-refractivity contribution in [2.45, 2.75) is 32.9 Å². The Morgan fingerprint density at radius 1 is 1.35 bits per heavy atom. The Kier molecular flexibility index (Phi) is 4.49. The van der Waals surface area contributed by atoms with E-state index < -0.39 is 0 Å². The monoisotopic (exact) mass is 390 g/mol. The average Bonchev–Trinajstić information content (AvgIpc) is 3.35. The molecule has 1 saturated heterocycles. The van der Waals surface area contributed by atoms with E-state index in [1.54, 1.807) is 22.7 Å². The quantitative estimate of drug-likeness (QED) is 0.640. The zero-order chi connectivity index (χ0) is 18.3. The molecule has 136 valence electrons. The number of hydrogen-bond acceptors (Lipinski definition) is 6. The summed E-state index contributed by atoms with van der Waals surface area (Å²) >= 11 is 6.65. The van der Waals surface area contributed by atoms with E-state index in [-0.39, 0.29) is 18.0 Å². The molecule has 3 aromatic rings. The van der Waals surface area contributed by atoms with E-state index in [0.29, 0.717) is 26.7 Å². The SMILES string of the molecule is Cc1nc2c(sc(=S)n2Cc2ccco2)c(=O)n1CC(=O)N1CCCC1. The first-order valence-electron chi connectivity index (χ1n) is 8.45. The first-order valence-corrected chi connectivity index (χ1v) is 9.68. The van der Waals surface area contributed by atoms with E-state index in [1.165, 1.54) is 15.9 Å². The van der Waals surface area contributed by atoms with Gasteiger partial charge in [0.25, 0.3) is 5.56 Å². The average molecular weight is 390 g/mol. The second kappa shape index (κ2) is 6.81. The van der Waals surface area contributed by atoms with Gasteiger partial charge in [0, 0.05) is 13.1 Å². The number of likely N-dealkylation sites (tertiary alicyclic amines) is 1. The Morgan fingerprint density at radius 3 is 2.81 bits per heavy atom. The summed E-state index contributed by atoms with van der Waals surface area (Å²) in [5.41, 5.74) is 0.332. The van der Waals surface area contributed by atoms with Gasteiger partial charge >= 0.3 is 0 Å². The van der Waals surface area contributed by atoms with E-state index in [0.717, 1.165) is 31.7 Å². The fraction of sp³-hybridized carbons (Fsp3) is 0.412. The molecule has 0 radical (unpaired) electrons. The number of amides is 1. The lowest BCUT2D eigenvalue weighted by Gasteiger charge is -2.17. The Labute approximate surface area is 158 Å². The molecule has 0 aliphatic carbocycles. The van der Waals surface area contributed by atoms with Crippen molar-refractivity contribution in [3.63, 3.8) is 0 Å². The summed E-state index contributed by atoms with van der Waals surface area (Å²) in [6, 6.07) is 3.66. The lowest BCUT2D eigenvalue weighted by Crippen LogP contribution is -2.35. The van der Waals surface area contributed by atoms with Gasteiger partial charge in [-0.05, 0) is 44.1 Å². The summed E-state index contributed by atoms with van der Waals surface area (Å²) in [7, 11) is 0. The van der Waals surface area contributed by atoms with E-state index in [2.05, 4.69) is 4.98 Å². The van der Waals surface area contributed by atoms with Crippen LogP contribution in [0.2, 0.25) is 0 Å². The summed E-state index contributed by atoms with van der Waals surface area (Å²) in [6.07, 6.45) is 3.64. The number of furan rings is 1. The molecule has 0 atom stereocenters. The van der Waals surface area contributed by atoms with Crippen LogP contribution in [0.1, 0.15) is 24.4 Å². The highest BCUT2D eigenvalue weighted by Crippen LogP contribution is 2.20. The molecule has 4 rings (SSSR count). The number of thiazole rings is 1. The summed E-state index contributed by atoms with van der Waals surface area (Å²) in [4.78, 5) is 31.8. The number of aryl methyl sites for hydroxylation is 1. The molecule has 0 N–H and O–H groups in total. The van der Waals surface area contributed by atoms with Crippen molar-refractivity contribution in [3.8, 4) is 0 Å². The van der Waals surface area contributed by atoms with Crippen LogP contribution in [0.15, 0.2) is 27.6 Å². The molecule has 7 nitrogen and oxygen atoms in total. The summed E-state index contributed by atoms with van der Waals surface area (Å²) in [5, 5.41) is 0. The minimum Gasteiger partial charge on any atom is -0.467 e. The predicted octanol–water partition coefficient (Wildman–Crippen LogP) is 2.56. The molecule has 0 unspecified atom stereocenters. The molecule has 4 heterocycles. The van der Waals surface area contributed by atoms with Crippen LogP contribution in [0.3, 0.4) is 0 Å². The third kappa shape index (κ3) is 3.01. The van der Waals surface area contributed by atoms with Crippen LogP contribution in [-0.4, -0.2) is 38.0 Å². The Morgan fingerprint density at radius 2 is 2.12 bits per heavy atom. The van der Waals surface area contributed by atoms with Gasteiger partial charge in [0.15, 0.2) is 9.60 Å². The molecule has 1 amide bonds. The molecule has 3 aromatic heterocycles. The van der Waals surface area contributed by atoms with E-state index >= 15 is 0 Å². The number of hydrogen-bond donors (Lipinski definition) is 0. The lowest BCUT2D eigenvalue weighted by molar-refractivity contribution is -0.130. The van der Waals surface area contributed by atoms with Gasteiger partial charge in [-0.1, -0.05) is 11.3 Å². The van der Waals surface area contributed by atoms with Crippen molar-refractivity contribution in [3.05, 3.63) is 44.3 Å². The molecular weight excluding hydrogens is 372 g/mol. The van der Waals surface area contributed by atoms with E-state index in [9.17, 15) is 9.59 Å². The van der Waals surface area contributed by atoms with Crippen LogP contribution in [0.4, 0.5) is 0 Å². The zero-order valence-electron chi connectivity index (χ0n) is 14.3. The molecule has 9 heteroatoms. The standard InChI is InChI=1S/C17H18N4O3S2/c1-11-18-15-14(26-17(25)21(15)9-12-5-4-8-24-12)16(23)20(11)10-13(22)19-6-2-3-7-19/h4-5,8H,2-3,6-7,9-10H2,1H3. The van der Waals surface area contributed by atoms with Crippen LogP contribution in [0.25, 0.3) is 10.3 Å². The highest BCUT2D eigenvalue weighted by Gasteiger charge is 2.21. The maximum Gasteiger partial charge on any atom is 0.273 e. The van der Waals surface area contributed by atoms with Crippen LogP contribution >= 0.6 is 23.6 Å². The third-order valence-electron chi connectivity index (χ3n) is 4.61. The number of aromatic nitrogens is 3. The molecule has 0 spiro atoms. The Balaban J connectivity index is 1.74. The van der Waals surface area contributed by atoms with Gasteiger partial charge in [0.2, 0.25) is 5.91 Å². The van der Waals surface area contributed by atoms with Crippen molar-refractivity contribution in [1.29, 1.82) is 0 Å². The van der Waals surface area contributed by atoms with Crippen LogP contribution in [-0.2, 0) is 17.9 Å². The zero-order valence-corrected chi connectivity index (χ0v) is 15.9. The van der Waals surface area contributed by atoms with Gasteiger partial charge in [-0.2, -0.15) is 0 Å². The molecular formula is C17H18N4O3S2. The minimum absolute atomic E-state index is 0.0243. The Bertz CT molecular complexity index is 1070. The fourth-order valence-corrected chi connectivity index (χ4v) is 4.50. The van der Waals surface area contributed by atoms with Crippen molar-refractivity contribution in [1.82, 2.24) is 19.0 Å². The minimum atomic E-state index is -0.214. The summed E-state index contributed by atoms with van der Waals surface area (Å²) < 4.78 is 9.66. The van der Waals surface area contributed by atoms with Crippen LogP contribution in [0, 0.1) is 10.9 Å². The van der Waals surface area contributed by atoms with Crippen molar-refractivity contribution in [2.75, 3.05) is 13.1 Å². The van der Waals surface area contributed by atoms with Gasteiger partial charge in [0.1, 0.15) is 22.8 Å². The Hall–Kier alpha value is -2.26. The van der Waals surface area contributed by atoms with Crippen molar-refractivity contribution >= 4 is 39.8 Å². The topological polar surface area (TPSA) is 73.3 Å². The number of carbonyl (C=O) groups excluding carboxylic acids is 1. The molecule has 26 heavy (non-hydrogen) atoms. The third-order valence-corrected chi connectivity index (χ3v) is 6.04. The van der Waals surface area contributed by atoms with Gasteiger partial charge in [-0.25, -0.2) is 4.98 Å². The van der Waals surface area contributed by atoms with Crippen molar-refractivity contribution in [2.24, 2.45) is 0 Å². The smallest absolute Gasteiger partial charge is 0.273 e. The van der Waals surface area contributed by atoms with Crippen LogP contribution in [0.5, 0.6) is 0 Å². The van der Waals surface area contributed by atoms with E-state index in [4.69, 9.17) is 16.6 Å². The second-order valence-electron chi connectivity index (χ2n) is 6.32. The number of carbonyl (C=O) groups is 1. The maximum atomic E-state index is 12.9. The summed E-state index contributed by atoms with van der Waals surface area (Å²) in [6.45, 7) is 3.72. The normalized spacial score (nSPS) is 14.4. The maximum absolute atomic E-state index is 12.9. The van der Waals surface area contributed by atoms with E-state index in [1.807, 2.05) is 12.1 Å². The fourth-order valence-electron chi connectivity index (χ4n) is 3.22. The van der Waals surface area contributed by atoms with Gasteiger partial charge in [-0.3, -0.25) is 18.7 Å². The first kappa shape index (κ1) is 17.2. The largest absolute Gasteiger partial charge is 0.467 e. The highest BCUT2D eigenvalue weighted by molar-refractivity contribution is 7.73. The lowest BCUT2D eigenvalue weighted by atomic mass is 10.4. The first-order chi connectivity index (χ1) is 12.5. The van der Waals surface area contributed by atoms with Crippen LogP contribution < -0.4 is 5.56 Å². The highest BCUT2D eigenvalue weighted by atomic mass is 32.1. The molecule has 0 saturated carbocycles. The molecule has 1 aliphatic heterocycles. The molecule has 0 aromatic carbocycles. The predicted molar refractivity (Wildman–Crippen MR) is 101 cm³/mol. The summed E-state index contributed by atoms with van der Waals surface area (Å²) in [5.74, 6) is 1.22. The molecule has 1 aliphatic rings. The molecule has 1 fully saturated rings. The molecule has 0 bridgehead atoms. The number of nitrogens with zero attached hydrogens (tertiary/aromatic N) is 4. The number of rotatable bonds is 4. The second-order valence-corrected chi connectivity index (χ2v) is 7.97.